The molecule has 0 saturated heterocycles. The molecule has 0 spiro atoms. The molecule has 0 bridgehead atoms. The van der Waals surface area contributed by atoms with Gasteiger partial charge in [0.15, 0.2) is 0 Å². The van der Waals surface area contributed by atoms with E-state index < -0.39 is 0 Å². The van der Waals surface area contributed by atoms with Crippen LogP contribution in [0.1, 0.15) is 23.8 Å². The van der Waals surface area contributed by atoms with Crippen LogP contribution in [-0.4, -0.2) is 53.8 Å². The number of hydrogen-bond donors (Lipinski definition) is 1. The number of pyridine rings is 1. The van der Waals surface area contributed by atoms with Crippen molar-refractivity contribution in [1.82, 2.24) is 14.8 Å². The molecule has 1 N–H and O–H groups in total. The predicted octanol–water partition coefficient (Wildman–Crippen LogP) is 0.315. The van der Waals surface area contributed by atoms with Gasteiger partial charge in [-0.1, -0.05) is 13.0 Å². The van der Waals surface area contributed by atoms with Crippen LogP contribution in [0.2, 0.25) is 0 Å². The lowest BCUT2D eigenvalue weighted by atomic mass is 10.3. The van der Waals surface area contributed by atoms with Crippen molar-refractivity contribution >= 4 is 11.8 Å². The molecule has 2 amide bonds. The maximum atomic E-state index is 12.2. The van der Waals surface area contributed by atoms with Crippen LogP contribution in [0.4, 0.5) is 0 Å². The number of nitrogens with one attached hydrogen (secondary N) is 1. The van der Waals surface area contributed by atoms with Gasteiger partial charge in [-0.2, -0.15) is 0 Å². The highest BCUT2D eigenvalue weighted by atomic mass is 16.2. The number of H-pyrrole nitrogens is 1. The van der Waals surface area contributed by atoms with Gasteiger partial charge < -0.3 is 14.8 Å². The number of nitrogens with zero attached hydrogens (tertiary/aromatic N) is 2. The molecule has 0 atom stereocenters. The average Bonchev–Trinajstić information content (AvgIpc) is 2.37. The second-order valence-corrected chi connectivity index (χ2v) is 4.44. The average molecular weight is 265 g/mol. The van der Waals surface area contributed by atoms with Crippen molar-refractivity contribution in [2.24, 2.45) is 0 Å². The lowest BCUT2D eigenvalue weighted by Crippen LogP contribution is -2.41. The minimum absolute atomic E-state index is 0.0105. The summed E-state index contributed by atoms with van der Waals surface area (Å²) >= 11 is 0. The first-order valence-electron chi connectivity index (χ1n) is 6.14. The maximum absolute atomic E-state index is 12.2. The summed E-state index contributed by atoms with van der Waals surface area (Å²) < 4.78 is 0. The van der Waals surface area contributed by atoms with Crippen molar-refractivity contribution in [2.45, 2.75) is 13.3 Å². The summed E-state index contributed by atoms with van der Waals surface area (Å²) in [6, 6.07) is 4.39. The first-order valence-corrected chi connectivity index (χ1v) is 6.14. The van der Waals surface area contributed by atoms with Gasteiger partial charge in [0.2, 0.25) is 11.5 Å². The van der Waals surface area contributed by atoms with Gasteiger partial charge in [-0.15, -0.1) is 0 Å². The molecule has 0 radical (unpaired) electrons. The number of rotatable bonds is 5. The molecule has 6 heteroatoms. The fraction of sp³-hybridized carbons (Fsp3) is 0.462. The normalized spacial score (nSPS) is 10.1. The molecule has 0 aliphatic heterocycles. The maximum Gasteiger partial charge on any atom is 0.270 e. The first-order chi connectivity index (χ1) is 8.95. The minimum Gasteiger partial charge on any atom is -0.347 e. The van der Waals surface area contributed by atoms with Crippen LogP contribution in [0.25, 0.3) is 0 Å². The Bertz CT molecular complexity index is 508. The van der Waals surface area contributed by atoms with Crippen molar-refractivity contribution in [3.8, 4) is 0 Å². The summed E-state index contributed by atoms with van der Waals surface area (Å²) in [5.41, 5.74) is -0.131. The summed E-state index contributed by atoms with van der Waals surface area (Å²) in [5, 5.41) is 0. The van der Waals surface area contributed by atoms with E-state index in [1.54, 1.807) is 14.1 Å². The molecule has 1 aromatic rings. The van der Waals surface area contributed by atoms with Gasteiger partial charge in [-0.05, 0) is 12.5 Å². The highest BCUT2D eigenvalue weighted by Crippen LogP contribution is 2.02. The summed E-state index contributed by atoms with van der Waals surface area (Å²) in [6.45, 7) is 2.40. The van der Waals surface area contributed by atoms with Crippen molar-refractivity contribution < 1.29 is 9.59 Å². The van der Waals surface area contributed by atoms with Crippen LogP contribution < -0.4 is 5.56 Å². The molecule has 1 aromatic heterocycles. The van der Waals surface area contributed by atoms with Gasteiger partial charge in [0, 0.05) is 26.7 Å². The molecule has 6 nitrogen and oxygen atoms in total. The SMILES string of the molecule is CCCN(CC(=O)N(C)C)C(=O)c1cccc(=O)[nH]1. The number of amides is 2. The Morgan fingerprint density at radius 2 is 1.95 bits per heavy atom. The third kappa shape index (κ3) is 4.24. The summed E-state index contributed by atoms with van der Waals surface area (Å²) in [6.07, 6.45) is 0.740. The molecule has 0 aliphatic rings. The number of carbonyl (C=O) groups is 2. The van der Waals surface area contributed by atoms with E-state index in [0.717, 1.165) is 6.42 Å². The highest BCUT2D eigenvalue weighted by Gasteiger charge is 2.19. The smallest absolute Gasteiger partial charge is 0.270 e. The van der Waals surface area contributed by atoms with E-state index in [0.29, 0.717) is 6.54 Å². The largest absolute Gasteiger partial charge is 0.347 e. The van der Waals surface area contributed by atoms with Gasteiger partial charge in [0.1, 0.15) is 12.2 Å². The molecule has 0 saturated carbocycles. The van der Waals surface area contributed by atoms with Crippen LogP contribution in [0.3, 0.4) is 0 Å². The van der Waals surface area contributed by atoms with Crippen LogP contribution in [0.15, 0.2) is 23.0 Å². The second-order valence-electron chi connectivity index (χ2n) is 4.44. The summed E-state index contributed by atoms with van der Waals surface area (Å²) in [5.74, 6) is -0.491. The van der Waals surface area contributed by atoms with Crippen LogP contribution in [0, 0.1) is 0 Å². The Labute approximate surface area is 112 Å². The molecule has 1 heterocycles. The van der Waals surface area contributed by atoms with E-state index in [4.69, 9.17) is 0 Å². The quantitative estimate of drug-likeness (QED) is 0.833. The molecule has 1 rings (SSSR count). The minimum atomic E-state index is -0.338. The van der Waals surface area contributed by atoms with Crippen molar-refractivity contribution in [3.05, 3.63) is 34.2 Å². The van der Waals surface area contributed by atoms with Gasteiger partial charge in [0.25, 0.3) is 5.91 Å². The van der Waals surface area contributed by atoms with Gasteiger partial charge in [-0.3, -0.25) is 14.4 Å². The topological polar surface area (TPSA) is 73.5 Å². The number of aromatic nitrogens is 1. The van der Waals surface area contributed by atoms with Crippen molar-refractivity contribution in [3.63, 3.8) is 0 Å². The number of carbonyl (C=O) groups excluding carboxylic acids is 2. The Morgan fingerprint density at radius 3 is 2.47 bits per heavy atom. The zero-order chi connectivity index (χ0) is 14.4. The Morgan fingerprint density at radius 1 is 1.26 bits per heavy atom. The third-order valence-corrected chi connectivity index (χ3v) is 2.60. The van der Waals surface area contributed by atoms with Gasteiger partial charge in [-0.25, -0.2) is 0 Å². The molecule has 0 aromatic carbocycles. The van der Waals surface area contributed by atoms with Crippen LogP contribution in [0.5, 0.6) is 0 Å². The van der Waals surface area contributed by atoms with Crippen LogP contribution >= 0.6 is 0 Å². The van der Waals surface area contributed by atoms with Crippen LogP contribution in [-0.2, 0) is 4.79 Å². The van der Waals surface area contributed by atoms with E-state index in [9.17, 15) is 14.4 Å². The second kappa shape index (κ2) is 6.72. The molecule has 104 valence electrons. The zero-order valence-corrected chi connectivity index (χ0v) is 11.5. The standard InChI is InChI=1S/C13H19N3O3/c1-4-8-16(9-12(18)15(2)3)13(19)10-6-5-7-11(17)14-10/h5-7H,4,8-9H2,1-3H3,(H,14,17). The zero-order valence-electron chi connectivity index (χ0n) is 11.5. The molecular weight excluding hydrogens is 246 g/mol. The predicted molar refractivity (Wildman–Crippen MR) is 72.0 cm³/mol. The van der Waals surface area contributed by atoms with E-state index in [1.165, 1.54) is 28.0 Å². The Hall–Kier alpha value is -2.11. The lowest BCUT2D eigenvalue weighted by molar-refractivity contribution is -0.129. The van der Waals surface area contributed by atoms with Gasteiger partial charge in [0.05, 0.1) is 0 Å². The van der Waals surface area contributed by atoms with Gasteiger partial charge >= 0.3 is 0 Å². The number of likely N-dealkylation sites (N-methyl/N-ethyl adjacent to an activating group) is 1. The number of hydrogen-bond acceptors (Lipinski definition) is 3. The lowest BCUT2D eigenvalue weighted by Gasteiger charge is -2.23. The van der Waals surface area contributed by atoms with Crippen molar-refractivity contribution in [1.29, 1.82) is 0 Å². The molecule has 19 heavy (non-hydrogen) atoms. The monoisotopic (exact) mass is 265 g/mol. The number of aromatic amines is 1. The fourth-order valence-corrected chi connectivity index (χ4v) is 1.57. The highest BCUT2D eigenvalue weighted by molar-refractivity contribution is 5.94. The summed E-state index contributed by atoms with van der Waals surface area (Å²) in [4.78, 5) is 40.5. The summed E-state index contributed by atoms with van der Waals surface area (Å²) in [7, 11) is 3.28. The van der Waals surface area contributed by atoms with E-state index in [1.807, 2.05) is 6.92 Å². The molecule has 0 fully saturated rings. The Balaban J connectivity index is 2.89. The first kappa shape index (κ1) is 14.9. The Kier molecular flexibility index (Phi) is 5.29. The molecular formula is C13H19N3O3. The fourth-order valence-electron chi connectivity index (χ4n) is 1.57. The molecule has 0 unspecified atom stereocenters. The third-order valence-electron chi connectivity index (χ3n) is 2.60. The van der Waals surface area contributed by atoms with Crippen molar-refractivity contribution in [2.75, 3.05) is 27.2 Å². The molecule has 0 aliphatic carbocycles. The van der Waals surface area contributed by atoms with E-state index >= 15 is 0 Å². The van der Waals surface area contributed by atoms with E-state index in [2.05, 4.69) is 4.98 Å². The van der Waals surface area contributed by atoms with E-state index in [-0.39, 0.29) is 29.6 Å².